The molecule has 3 aromatic rings. The van der Waals surface area contributed by atoms with Crippen molar-refractivity contribution in [2.45, 2.75) is 241 Å². The van der Waals surface area contributed by atoms with E-state index in [1.54, 1.807) is 74.6 Å². The number of carboxylic acid groups (broad SMARTS) is 1. The number of hydrogen-bond acceptors (Lipinski definition) is 29. The van der Waals surface area contributed by atoms with Crippen molar-refractivity contribution in [1.29, 1.82) is 0 Å². The van der Waals surface area contributed by atoms with Crippen molar-refractivity contribution < 1.29 is 126 Å². The number of thioether (sulfide) groups is 3. The fraction of sp³-hybridized carbons (Fsp3) is 0.547. The zero-order valence-electron chi connectivity index (χ0n) is 82.9. The molecule has 2 aromatic carbocycles. The number of Topliss-reactive ketones (excluding diaryl/α,β-unsaturated/α-hetero) is 1. The second-order valence-corrected chi connectivity index (χ2v) is 40.7. The Morgan fingerprint density at radius 1 is 0.571 bits per heavy atom. The number of benzene rings is 2. The maximum atomic E-state index is 16.1. The van der Waals surface area contributed by atoms with E-state index in [0.717, 1.165) is 46.7 Å². The Morgan fingerprint density at radius 3 is 1.82 bits per heavy atom. The second kappa shape index (κ2) is 55.1. The monoisotopic (exact) mass is 2110 g/mol. The van der Waals surface area contributed by atoms with Gasteiger partial charge in [-0.05, 0) is 82.4 Å². The van der Waals surface area contributed by atoms with E-state index in [2.05, 4.69) is 101 Å². The maximum Gasteiger partial charge on any atom is 0.327 e. The number of nitrogens with zero attached hydrogens (tertiary/aromatic N) is 2. The van der Waals surface area contributed by atoms with Crippen LogP contribution in [0.5, 0.6) is 0 Å². The van der Waals surface area contributed by atoms with Gasteiger partial charge in [0.1, 0.15) is 114 Å². The molecule has 21 atom stereocenters. The van der Waals surface area contributed by atoms with E-state index < -0.39 is 340 Å². The number of carboxylic acids is 1. The van der Waals surface area contributed by atoms with Crippen molar-refractivity contribution in [3.63, 3.8) is 0 Å². The van der Waals surface area contributed by atoms with Crippen LogP contribution in [-0.2, 0) is 123 Å². The van der Waals surface area contributed by atoms with Gasteiger partial charge >= 0.3 is 5.97 Å². The number of aliphatic hydroxyl groups excluding tert-OH is 2. The largest absolute Gasteiger partial charge is 0.480 e. The van der Waals surface area contributed by atoms with Gasteiger partial charge in [-0.2, -0.15) is 35.3 Å². The minimum Gasteiger partial charge on any atom is -0.480 e. The van der Waals surface area contributed by atoms with Crippen molar-refractivity contribution >= 4 is 182 Å². The van der Waals surface area contributed by atoms with Gasteiger partial charge in [0.05, 0.1) is 38.8 Å². The number of rotatable bonds is 20. The fourth-order valence-electron chi connectivity index (χ4n) is 17.3. The van der Waals surface area contributed by atoms with E-state index in [1.807, 2.05) is 0 Å². The Kier molecular flexibility index (Phi) is 43.7. The highest BCUT2D eigenvalue weighted by atomic mass is 32.2. The molecule has 1 saturated carbocycles. The first-order valence-electron chi connectivity index (χ1n) is 48.3. The zero-order valence-corrected chi connectivity index (χ0v) is 85.3. The van der Waals surface area contributed by atoms with Crippen LogP contribution in [0, 0.1) is 23.7 Å². The van der Waals surface area contributed by atoms with Gasteiger partial charge in [-0.15, -0.1) is 0 Å². The molecule has 21 unspecified atom stereocenters. The SMILES string of the molecule is CC=C1NC(=O)CNC(=O)C(Cc2ccccc2)NC(=O)C(NC(=O)C(NC(=O)C2CCCC2C(=O)CN)C(C)CC)C(C)SCC2NC(=O)C(NC1=O)C(C)SCC(C(=O)N1CCCC1C(=O)NC1CSCC(C(=O)O)NC(=O)C(CO)NC(=O)C(C(C)C)NC(=O)C(=CC)NC(=O)C(CC(N)=O)NC(=O)C(C)NC1=O)NC(=O)C1CC(O)CN1C(=O)C(=CC)NC(=O)CNC(=O)C(Cc1c[nH]c3ccccc13)NC2=O. The molecule has 5 aliphatic heterocycles. The van der Waals surface area contributed by atoms with E-state index in [4.69, 9.17) is 11.5 Å². The standard InChI is InChI=1S/C95H131N23O26S3/c1-11-45(7)74(114-78(126)54-26-20-25-53(54)69(121)34-96)90(138)116-76-48(10)146-42-64-86(134)106-60(31-50-35-98-58-27-19-18-24-52(50)58)80(128)100-37-72(124)103-57(14-4)93(141)118-38-51(120)32-68(118)88(136)111-65(43-147-47(9)75(92(140)110-64)115-81(129)55(12-2)102-71(123)36-99-79(127)59(107-91(76)139)30-49-22-16-15-17-23-49)94(142)117-29-21-28-67(117)87(135)109-63-40-145-41-66(95(143)144)112-84(132)62(39-119)108-89(137)73(44(5)6)113-82(130)56(13-3)104-83(131)61(33-70(97)122)105-77(125)46(8)101-85(63)133/h12-19,22-24,27,35,44-48,51,53-54,59-68,73-76,98,119-120H,11,20-21,25-26,28-34,36-43,96H2,1-10H3,(H2,97,122)(H,99,127)(H,100,128)(H,101,133)(H,102,123)(H,103,124)(H,104,131)(H,105,125)(H,106,134)(H,107,139)(H,108,137)(H,109,135)(H,110,140)(H,111,136)(H,112,132)(H,113,130)(H,114,126)(H,115,129)(H,116,138)(H,143,144). The number of hydrogen-bond donors (Lipinski definition) is 24. The number of H-pyrrole nitrogens is 1. The van der Waals surface area contributed by atoms with Crippen LogP contribution in [0.4, 0.5) is 0 Å². The highest BCUT2D eigenvalue weighted by Crippen LogP contribution is 2.34. The number of aliphatic carboxylic acids is 1. The third-order valence-electron chi connectivity index (χ3n) is 25.9. The summed E-state index contributed by atoms with van der Waals surface area (Å²) in [6, 6.07) is -11.4. The Bertz CT molecular complexity index is 5550. The van der Waals surface area contributed by atoms with E-state index in [-0.39, 0.29) is 57.4 Å². The van der Waals surface area contributed by atoms with E-state index >= 15 is 43.2 Å². The Labute approximate surface area is 858 Å². The number of carbonyl (C=O) groups is 23. The molecular weight excluding hydrogens is 1980 g/mol. The second-order valence-electron chi connectivity index (χ2n) is 36.8. The lowest BCUT2D eigenvalue weighted by molar-refractivity contribution is -0.143. The first-order chi connectivity index (χ1) is 69.8. The first kappa shape index (κ1) is 117. The number of nitrogens with one attached hydrogen (secondary N) is 19. The number of fused-ring (bicyclic) bond motifs is 5. The summed E-state index contributed by atoms with van der Waals surface area (Å²) in [7, 11) is 0. The van der Waals surface area contributed by atoms with Crippen molar-refractivity contribution in [1.82, 2.24) is 110 Å². The molecule has 49 nitrogen and oxygen atoms in total. The third-order valence-corrected chi connectivity index (χ3v) is 29.7. The number of aromatic amines is 1. The van der Waals surface area contributed by atoms with Crippen LogP contribution in [0.25, 0.3) is 10.9 Å². The lowest BCUT2D eigenvalue weighted by atomic mass is 9.90. The van der Waals surface area contributed by atoms with Crippen molar-refractivity contribution in [3.05, 3.63) is 107 Å². The third kappa shape index (κ3) is 32.1. The Balaban J connectivity index is 1.13. The summed E-state index contributed by atoms with van der Waals surface area (Å²) in [4.78, 5) is 340. The molecule has 1 aliphatic carbocycles. The van der Waals surface area contributed by atoms with Crippen LogP contribution in [0.1, 0.15) is 132 Å². The molecule has 0 spiro atoms. The average molecular weight is 2110 g/mol. The summed E-state index contributed by atoms with van der Waals surface area (Å²) in [5.41, 5.74) is 11.2. The van der Waals surface area contributed by atoms with Crippen LogP contribution in [0.3, 0.4) is 0 Å². The molecule has 9 rings (SSSR count). The van der Waals surface area contributed by atoms with E-state index in [1.165, 1.54) is 48.5 Å². The molecule has 21 amide bonds. The topological polar surface area (TPSA) is 744 Å². The van der Waals surface area contributed by atoms with Crippen LogP contribution in [0.15, 0.2) is 96.1 Å². The number of ketones is 1. The summed E-state index contributed by atoms with van der Waals surface area (Å²) >= 11 is 2.04. The molecule has 2 bridgehead atoms. The highest BCUT2D eigenvalue weighted by molar-refractivity contribution is 8.00. The van der Waals surface area contributed by atoms with Crippen LogP contribution in [-0.4, -0.2) is 335 Å². The van der Waals surface area contributed by atoms with Crippen molar-refractivity contribution in [2.24, 2.45) is 35.1 Å². The quantitative estimate of drug-likeness (QED) is 0.0468. The summed E-state index contributed by atoms with van der Waals surface area (Å²) in [5, 5.41) is 75.3. The summed E-state index contributed by atoms with van der Waals surface area (Å²) < 4.78 is 0. The summed E-state index contributed by atoms with van der Waals surface area (Å²) in [6.45, 7) is 9.99. The van der Waals surface area contributed by atoms with Gasteiger partial charge in [0.15, 0.2) is 0 Å². The van der Waals surface area contributed by atoms with Gasteiger partial charge in [-0.1, -0.05) is 121 Å². The number of allylic oxidation sites excluding steroid dienone is 3. The number of para-hydroxylation sites is 1. The molecular formula is C95H131N23O26S3. The predicted octanol–water partition coefficient (Wildman–Crippen LogP) is -6.86. The maximum absolute atomic E-state index is 16.1. The molecule has 26 N–H and O–H groups in total. The molecule has 1 aromatic heterocycles. The molecule has 6 aliphatic rings. The number of carbonyl (C=O) groups excluding carboxylic acids is 22. The molecule has 52 heteroatoms. The molecule has 6 heterocycles. The predicted molar refractivity (Wildman–Crippen MR) is 534 cm³/mol. The summed E-state index contributed by atoms with van der Waals surface area (Å²) in [6.07, 6.45) is 2.53. The minimum absolute atomic E-state index is 0.0133. The van der Waals surface area contributed by atoms with Crippen molar-refractivity contribution in [2.75, 3.05) is 62.3 Å². The minimum atomic E-state index is -2.00. The number of primary amides is 1. The lowest BCUT2D eigenvalue weighted by Crippen LogP contribution is -2.61. The van der Waals surface area contributed by atoms with Gasteiger partial charge in [0.25, 0.3) is 17.7 Å². The highest BCUT2D eigenvalue weighted by Gasteiger charge is 2.48. The molecule has 147 heavy (non-hydrogen) atoms. The number of aromatic nitrogens is 1. The smallest absolute Gasteiger partial charge is 0.327 e. The Hall–Kier alpha value is -13.9. The van der Waals surface area contributed by atoms with Gasteiger partial charge in [-0.25, -0.2) is 4.79 Å². The van der Waals surface area contributed by atoms with Gasteiger partial charge in [-0.3, -0.25) is 105 Å². The molecule has 6 fully saturated rings. The fourth-order valence-corrected chi connectivity index (χ4v) is 20.6. The van der Waals surface area contributed by atoms with E-state index in [9.17, 15) is 82.4 Å². The normalized spacial score (nSPS) is 28.7. The van der Waals surface area contributed by atoms with Crippen LogP contribution >= 0.6 is 35.3 Å². The van der Waals surface area contributed by atoms with Crippen molar-refractivity contribution in [3.8, 4) is 0 Å². The Morgan fingerprint density at radius 2 is 1.18 bits per heavy atom. The van der Waals surface area contributed by atoms with Crippen LogP contribution in [0.2, 0.25) is 0 Å². The molecule has 0 radical (unpaired) electrons. The molecule has 800 valence electrons. The number of aliphatic hydroxyl groups is 2. The summed E-state index contributed by atoms with van der Waals surface area (Å²) in [5.74, 6) is -30.8. The lowest BCUT2D eigenvalue weighted by Gasteiger charge is -2.33. The molecule has 5 saturated heterocycles. The van der Waals surface area contributed by atoms with Gasteiger partial charge in [0, 0.05) is 94.8 Å². The number of likely N-dealkylation sites (tertiary alicyclic amines) is 1. The van der Waals surface area contributed by atoms with Gasteiger partial charge < -0.3 is 137 Å². The van der Waals surface area contributed by atoms with Crippen LogP contribution < -0.4 is 107 Å². The number of amides is 21. The van der Waals surface area contributed by atoms with Gasteiger partial charge in [0.2, 0.25) is 106 Å². The average Bonchev–Trinajstić information content (AvgIpc) is 1.68. The number of nitrogens with two attached hydrogens (primary N) is 2. The van der Waals surface area contributed by atoms with E-state index in [0.29, 0.717) is 58.4 Å². The first-order valence-corrected chi connectivity index (χ1v) is 51.5. The zero-order chi connectivity index (χ0) is 108.